The van der Waals surface area contributed by atoms with E-state index in [0.717, 1.165) is 0 Å². The van der Waals surface area contributed by atoms with Gasteiger partial charge in [0.1, 0.15) is 9.85 Å². The lowest BCUT2D eigenvalue weighted by molar-refractivity contribution is -0.978. The van der Waals surface area contributed by atoms with E-state index in [1.165, 1.54) is 0 Å². The molecule has 17 heteroatoms. The van der Waals surface area contributed by atoms with Crippen LogP contribution in [0.4, 0.5) is 0 Å². The van der Waals surface area contributed by atoms with Crippen LogP contribution in [0.3, 0.4) is 0 Å². The molecule has 0 aliphatic carbocycles. The van der Waals surface area contributed by atoms with E-state index in [9.17, 15) is 50.6 Å². The van der Waals surface area contributed by atoms with Crippen molar-refractivity contribution in [3.63, 3.8) is 0 Å². The number of nitro groups is 5. The van der Waals surface area contributed by atoms with Gasteiger partial charge in [0.15, 0.2) is 27.7 Å². The van der Waals surface area contributed by atoms with E-state index < -0.39 is 67.9 Å². The van der Waals surface area contributed by atoms with Gasteiger partial charge in [0, 0.05) is 6.42 Å². The maximum absolute atomic E-state index is 10.9. The van der Waals surface area contributed by atoms with Gasteiger partial charge in [-0.3, -0.25) is 50.6 Å². The molecular weight excluding hydrogens is 358 g/mol. The molecule has 0 saturated carbocycles. The summed E-state index contributed by atoms with van der Waals surface area (Å²) in [6.07, 6.45) is -2.28. The highest BCUT2D eigenvalue weighted by Gasteiger charge is 2.77. The zero-order chi connectivity index (χ0) is 19.6. The zero-order valence-corrected chi connectivity index (χ0v) is 12.4. The van der Waals surface area contributed by atoms with E-state index in [4.69, 9.17) is 9.47 Å². The zero-order valence-electron chi connectivity index (χ0n) is 12.4. The summed E-state index contributed by atoms with van der Waals surface area (Å²) in [6.45, 7) is -1.30. The molecule has 0 amide bonds. The van der Waals surface area contributed by atoms with Crippen LogP contribution in [0, 0.1) is 56.5 Å². The monoisotopic (exact) mass is 369 g/mol. The molecule has 1 heterocycles. The summed E-state index contributed by atoms with van der Waals surface area (Å²) in [4.78, 5) is 46.8. The van der Waals surface area contributed by atoms with Crippen LogP contribution in [-0.2, 0) is 9.47 Å². The lowest BCUT2D eigenvalue weighted by Gasteiger charge is -2.16. The quantitative estimate of drug-likeness (QED) is 0.273. The van der Waals surface area contributed by atoms with Crippen molar-refractivity contribution < 1.29 is 34.1 Å². The van der Waals surface area contributed by atoms with Crippen LogP contribution in [-0.4, -0.2) is 55.6 Å². The van der Waals surface area contributed by atoms with Crippen LogP contribution in [0.15, 0.2) is 0 Å². The van der Waals surface area contributed by atoms with Crippen molar-refractivity contribution in [2.24, 2.45) is 5.92 Å². The minimum Gasteiger partial charge on any atom is -0.351 e. The number of nitrogens with zero attached hydrogens (tertiary/aromatic N) is 5. The molecule has 0 N–H and O–H groups in total. The summed E-state index contributed by atoms with van der Waals surface area (Å²) in [7, 11) is 0. The Balaban J connectivity index is 2.92. The molecule has 0 aromatic rings. The van der Waals surface area contributed by atoms with Gasteiger partial charge in [0.25, 0.3) is 0 Å². The van der Waals surface area contributed by atoms with Crippen molar-refractivity contribution in [3.8, 4) is 0 Å². The normalized spacial score (nSPS) is 20.8. The first-order chi connectivity index (χ1) is 11.4. The van der Waals surface area contributed by atoms with Crippen LogP contribution in [0.1, 0.15) is 13.3 Å². The van der Waals surface area contributed by atoms with Crippen LogP contribution in [0.5, 0.6) is 0 Å². The van der Waals surface area contributed by atoms with E-state index in [1.54, 1.807) is 0 Å². The molecule has 2 atom stereocenters. The molecule has 1 rings (SSSR count). The highest BCUT2D eigenvalue weighted by Crippen LogP contribution is 2.34. The molecular formula is C8H11N5O12. The molecule has 1 aliphatic heterocycles. The maximum Gasteiger partial charge on any atom is 0.705 e. The molecule has 17 nitrogen and oxygen atoms in total. The second-order valence-corrected chi connectivity index (χ2v) is 5.20. The van der Waals surface area contributed by atoms with Gasteiger partial charge in [0.05, 0.1) is 13.5 Å². The molecule has 0 radical (unpaired) electrons. The Morgan fingerprint density at radius 2 is 1.36 bits per heavy atom. The van der Waals surface area contributed by atoms with Gasteiger partial charge in [-0.1, -0.05) is 0 Å². The smallest absolute Gasteiger partial charge is 0.351 e. The summed E-state index contributed by atoms with van der Waals surface area (Å²) in [5.41, 5.74) is -2.76. The van der Waals surface area contributed by atoms with E-state index in [2.05, 4.69) is 0 Å². The molecule has 0 aromatic carbocycles. The Labute approximate surface area is 136 Å². The largest absolute Gasteiger partial charge is 0.705 e. The maximum atomic E-state index is 10.9. The van der Waals surface area contributed by atoms with Gasteiger partial charge in [-0.05, 0) is 0 Å². The van der Waals surface area contributed by atoms with Gasteiger partial charge in [-0.15, -0.1) is 0 Å². The second-order valence-electron chi connectivity index (χ2n) is 5.20. The van der Waals surface area contributed by atoms with Gasteiger partial charge >= 0.3 is 11.4 Å². The molecule has 0 bridgehead atoms. The summed E-state index contributed by atoms with van der Waals surface area (Å²) >= 11 is 0. The summed E-state index contributed by atoms with van der Waals surface area (Å²) < 4.78 is 9.58. The summed E-state index contributed by atoms with van der Waals surface area (Å²) in [5, 5.41) is 54.3. The molecule has 25 heavy (non-hydrogen) atoms. The van der Waals surface area contributed by atoms with Crippen molar-refractivity contribution in [1.29, 1.82) is 0 Å². The highest BCUT2D eigenvalue weighted by molar-refractivity contribution is 4.76. The molecule has 1 aliphatic rings. The van der Waals surface area contributed by atoms with Crippen molar-refractivity contribution >= 4 is 0 Å². The lowest BCUT2D eigenvalue weighted by Crippen LogP contribution is -2.59. The van der Waals surface area contributed by atoms with Crippen molar-refractivity contribution in [1.82, 2.24) is 0 Å². The Kier molecular flexibility index (Phi) is 5.44. The fourth-order valence-corrected chi connectivity index (χ4v) is 2.05. The first-order valence-electron chi connectivity index (χ1n) is 6.36. The fourth-order valence-electron chi connectivity index (χ4n) is 2.05. The van der Waals surface area contributed by atoms with E-state index in [-0.39, 0.29) is 0 Å². The van der Waals surface area contributed by atoms with Crippen molar-refractivity contribution in [3.05, 3.63) is 50.6 Å². The van der Waals surface area contributed by atoms with E-state index in [0.29, 0.717) is 6.92 Å². The first kappa shape index (κ1) is 20.0. The topological polar surface area (TPSA) is 234 Å². The molecule has 0 spiro atoms. The van der Waals surface area contributed by atoms with Gasteiger partial charge in [0.2, 0.25) is 5.92 Å². The van der Waals surface area contributed by atoms with Gasteiger partial charge in [-0.2, -0.15) is 0 Å². The van der Waals surface area contributed by atoms with Crippen molar-refractivity contribution in [2.75, 3.05) is 13.2 Å². The Hall–Kier alpha value is -3.08. The van der Waals surface area contributed by atoms with Crippen molar-refractivity contribution in [2.45, 2.75) is 31.1 Å². The SMILES string of the molecule is CC(CO[C@H]1C[C@@H](C([N+](=O)[O-])([N+](=O)[O-])[N+](=O)[O-])CO1)([N+](=O)[O-])[N+](=O)[O-]. The average Bonchev–Trinajstić information content (AvgIpc) is 2.92. The van der Waals surface area contributed by atoms with E-state index in [1.807, 2.05) is 0 Å². The number of hydrogen-bond donors (Lipinski definition) is 0. The van der Waals surface area contributed by atoms with Crippen LogP contribution in [0.25, 0.3) is 0 Å². The Bertz CT molecular complexity index is 571. The third-order valence-electron chi connectivity index (χ3n) is 3.64. The second kappa shape index (κ2) is 6.81. The number of hydrogen-bond acceptors (Lipinski definition) is 12. The van der Waals surface area contributed by atoms with Crippen LogP contribution >= 0.6 is 0 Å². The molecule has 1 fully saturated rings. The summed E-state index contributed by atoms with van der Waals surface area (Å²) in [6, 6.07) is 0. The van der Waals surface area contributed by atoms with Crippen LogP contribution in [0.2, 0.25) is 0 Å². The minimum atomic E-state index is -3.78. The Morgan fingerprint density at radius 3 is 1.72 bits per heavy atom. The number of rotatable bonds is 9. The third-order valence-corrected chi connectivity index (χ3v) is 3.64. The molecule has 1 saturated heterocycles. The molecule has 0 aromatic heterocycles. The molecule has 140 valence electrons. The fraction of sp³-hybridized carbons (Fsp3) is 1.00. The number of ether oxygens (including phenoxy) is 2. The first-order valence-corrected chi connectivity index (χ1v) is 6.36. The predicted molar refractivity (Wildman–Crippen MR) is 69.9 cm³/mol. The molecule has 0 unspecified atom stereocenters. The Morgan fingerprint density at radius 1 is 0.920 bits per heavy atom. The van der Waals surface area contributed by atoms with Crippen LogP contribution < -0.4 is 0 Å². The van der Waals surface area contributed by atoms with Gasteiger partial charge in [-0.25, -0.2) is 0 Å². The third kappa shape index (κ3) is 3.26. The highest BCUT2D eigenvalue weighted by atomic mass is 16.7. The predicted octanol–water partition coefficient (Wildman–Crippen LogP) is -0.881. The van der Waals surface area contributed by atoms with Gasteiger partial charge < -0.3 is 9.47 Å². The average molecular weight is 369 g/mol. The summed E-state index contributed by atoms with van der Waals surface area (Å²) in [5.74, 6) is -5.64. The van der Waals surface area contributed by atoms with E-state index >= 15 is 0 Å². The minimum absolute atomic E-state index is 0.634. The standard InChI is InChI=1S/C8H11N5O12/c1-7(9(14)15,10(16)17)4-25-6-2-5(3-24-6)8(11(18)19,12(20)21)13(22)23/h5-6H,2-4H2,1H3/t5-,6+/m1/s1. The lowest BCUT2D eigenvalue weighted by atomic mass is 10.0.